The highest BCUT2D eigenvalue weighted by atomic mass is 35.5. The summed E-state index contributed by atoms with van der Waals surface area (Å²) in [5.41, 5.74) is 0.984. The Morgan fingerprint density at radius 3 is 2.50 bits per heavy atom. The van der Waals surface area contributed by atoms with Crippen LogP contribution in [-0.2, 0) is 21.2 Å². The van der Waals surface area contributed by atoms with Crippen molar-refractivity contribution in [2.75, 3.05) is 18.1 Å². The highest BCUT2D eigenvalue weighted by molar-refractivity contribution is 7.91. The van der Waals surface area contributed by atoms with Crippen molar-refractivity contribution < 1.29 is 17.9 Å². The SMILES string of the molecule is O=C(COc1ccc(Cl)cc1)N(Cc1cccc2ccccc12)C1CCS(=O)(=O)C1. The summed E-state index contributed by atoms with van der Waals surface area (Å²) in [7, 11) is -3.13. The summed E-state index contributed by atoms with van der Waals surface area (Å²) < 4.78 is 29.8. The van der Waals surface area contributed by atoms with E-state index >= 15 is 0 Å². The van der Waals surface area contributed by atoms with Crippen LogP contribution in [0.3, 0.4) is 0 Å². The Kier molecular flexibility index (Phi) is 5.97. The number of carbonyl (C=O) groups is 1. The van der Waals surface area contributed by atoms with Gasteiger partial charge in [-0.05, 0) is 47.0 Å². The van der Waals surface area contributed by atoms with Crippen molar-refractivity contribution in [2.45, 2.75) is 19.0 Å². The van der Waals surface area contributed by atoms with Crippen LogP contribution < -0.4 is 4.74 Å². The fraction of sp³-hybridized carbons (Fsp3) is 0.261. The molecule has 1 heterocycles. The molecule has 156 valence electrons. The minimum Gasteiger partial charge on any atom is -0.484 e. The monoisotopic (exact) mass is 443 g/mol. The number of nitrogens with zero attached hydrogens (tertiary/aromatic N) is 1. The van der Waals surface area contributed by atoms with Crippen molar-refractivity contribution >= 4 is 38.1 Å². The number of amides is 1. The van der Waals surface area contributed by atoms with Gasteiger partial charge in [-0.25, -0.2) is 8.42 Å². The molecule has 0 aliphatic carbocycles. The first-order valence-electron chi connectivity index (χ1n) is 9.76. The molecule has 0 bridgehead atoms. The van der Waals surface area contributed by atoms with Gasteiger partial charge in [-0.2, -0.15) is 0 Å². The Morgan fingerprint density at radius 1 is 1.03 bits per heavy atom. The smallest absolute Gasteiger partial charge is 0.261 e. The number of hydrogen-bond acceptors (Lipinski definition) is 4. The molecule has 1 atom stereocenters. The highest BCUT2D eigenvalue weighted by Gasteiger charge is 2.35. The molecule has 1 saturated heterocycles. The van der Waals surface area contributed by atoms with Crippen LogP contribution in [0.2, 0.25) is 5.02 Å². The van der Waals surface area contributed by atoms with E-state index in [-0.39, 0.29) is 30.1 Å². The van der Waals surface area contributed by atoms with E-state index in [4.69, 9.17) is 16.3 Å². The fourth-order valence-corrected chi connectivity index (χ4v) is 5.67. The number of halogens is 1. The number of benzene rings is 3. The molecule has 5 nitrogen and oxygen atoms in total. The first kappa shape index (κ1) is 20.7. The summed E-state index contributed by atoms with van der Waals surface area (Å²) in [5, 5.41) is 2.72. The summed E-state index contributed by atoms with van der Waals surface area (Å²) in [6.45, 7) is 0.174. The van der Waals surface area contributed by atoms with Crippen LogP contribution >= 0.6 is 11.6 Å². The van der Waals surface area contributed by atoms with Crippen LogP contribution in [0.5, 0.6) is 5.75 Å². The normalized spacial score (nSPS) is 17.7. The molecule has 30 heavy (non-hydrogen) atoms. The largest absolute Gasteiger partial charge is 0.484 e. The summed E-state index contributed by atoms with van der Waals surface area (Å²) in [5.74, 6) is 0.399. The van der Waals surface area contributed by atoms with E-state index in [1.54, 1.807) is 29.2 Å². The second-order valence-electron chi connectivity index (χ2n) is 7.46. The number of sulfone groups is 1. The van der Waals surface area contributed by atoms with E-state index < -0.39 is 9.84 Å². The maximum atomic E-state index is 13.1. The van der Waals surface area contributed by atoms with Gasteiger partial charge in [-0.15, -0.1) is 0 Å². The van der Waals surface area contributed by atoms with Gasteiger partial charge in [0, 0.05) is 17.6 Å². The third-order valence-corrected chi connectivity index (χ3v) is 7.37. The molecular formula is C23H22ClNO4S. The Morgan fingerprint density at radius 2 is 1.77 bits per heavy atom. The van der Waals surface area contributed by atoms with Gasteiger partial charge in [-0.1, -0.05) is 54.1 Å². The van der Waals surface area contributed by atoms with Crippen molar-refractivity contribution in [3.05, 3.63) is 77.3 Å². The number of hydrogen-bond donors (Lipinski definition) is 0. The van der Waals surface area contributed by atoms with E-state index in [9.17, 15) is 13.2 Å². The minimum atomic E-state index is -3.13. The zero-order chi connectivity index (χ0) is 21.1. The van der Waals surface area contributed by atoms with Crippen molar-refractivity contribution in [1.82, 2.24) is 4.90 Å². The lowest BCUT2D eigenvalue weighted by Crippen LogP contribution is -2.43. The van der Waals surface area contributed by atoms with Crippen molar-refractivity contribution in [3.63, 3.8) is 0 Å². The number of carbonyl (C=O) groups excluding carboxylic acids is 1. The highest BCUT2D eigenvalue weighted by Crippen LogP contribution is 2.25. The molecule has 3 aromatic carbocycles. The predicted molar refractivity (Wildman–Crippen MR) is 119 cm³/mol. The Labute approximate surface area is 181 Å². The molecule has 0 spiro atoms. The molecule has 1 amide bonds. The van der Waals surface area contributed by atoms with E-state index in [1.165, 1.54) is 0 Å². The molecule has 4 rings (SSSR count). The van der Waals surface area contributed by atoms with Gasteiger partial charge < -0.3 is 9.64 Å². The first-order chi connectivity index (χ1) is 14.4. The third kappa shape index (κ3) is 4.77. The first-order valence-corrected chi connectivity index (χ1v) is 12.0. The summed E-state index contributed by atoms with van der Waals surface area (Å²) >= 11 is 5.89. The van der Waals surface area contributed by atoms with Crippen molar-refractivity contribution in [3.8, 4) is 5.75 Å². The number of rotatable bonds is 6. The zero-order valence-corrected chi connectivity index (χ0v) is 17.9. The Bertz CT molecular complexity index is 1160. The van der Waals surface area contributed by atoms with E-state index in [0.29, 0.717) is 23.7 Å². The quantitative estimate of drug-likeness (QED) is 0.575. The van der Waals surface area contributed by atoms with Crippen LogP contribution in [0.4, 0.5) is 0 Å². The van der Waals surface area contributed by atoms with Gasteiger partial charge in [0.1, 0.15) is 5.75 Å². The third-order valence-electron chi connectivity index (χ3n) is 5.37. The van der Waals surface area contributed by atoms with Crippen LogP contribution in [0, 0.1) is 0 Å². The molecule has 0 radical (unpaired) electrons. The van der Waals surface area contributed by atoms with Gasteiger partial charge in [-0.3, -0.25) is 4.79 Å². The van der Waals surface area contributed by atoms with Crippen LogP contribution in [0.1, 0.15) is 12.0 Å². The Hall–Kier alpha value is -2.57. The standard InChI is InChI=1S/C23H22ClNO4S/c24-19-8-10-21(11-9-19)29-15-23(26)25(20-12-13-30(27,28)16-20)14-18-6-3-5-17-4-1-2-7-22(17)18/h1-11,20H,12-16H2. The Balaban J connectivity index is 1.57. The lowest BCUT2D eigenvalue weighted by Gasteiger charge is -2.29. The summed E-state index contributed by atoms with van der Waals surface area (Å²) in [6, 6.07) is 20.4. The molecule has 0 aromatic heterocycles. The molecule has 1 unspecified atom stereocenters. The summed E-state index contributed by atoms with van der Waals surface area (Å²) in [6.07, 6.45) is 0.444. The zero-order valence-electron chi connectivity index (χ0n) is 16.3. The predicted octanol–water partition coefficient (Wildman–Crippen LogP) is 4.09. The molecule has 1 aliphatic heterocycles. The molecule has 1 aliphatic rings. The van der Waals surface area contributed by atoms with E-state index in [2.05, 4.69) is 0 Å². The van der Waals surface area contributed by atoms with Crippen LogP contribution in [0.15, 0.2) is 66.7 Å². The van der Waals surface area contributed by atoms with Crippen molar-refractivity contribution in [1.29, 1.82) is 0 Å². The molecule has 7 heteroatoms. The molecule has 1 fully saturated rings. The van der Waals surface area contributed by atoms with Gasteiger partial charge in [0.15, 0.2) is 16.4 Å². The van der Waals surface area contributed by atoms with Crippen LogP contribution in [0.25, 0.3) is 10.8 Å². The van der Waals surface area contributed by atoms with E-state index in [0.717, 1.165) is 16.3 Å². The second-order valence-corrected chi connectivity index (χ2v) is 10.1. The van der Waals surface area contributed by atoms with Gasteiger partial charge in [0.05, 0.1) is 11.5 Å². The second kappa shape index (κ2) is 8.66. The fourth-order valence-electron chi connectivity index (χ4n) is 3.81. The van der Waals surface area contributed by atoms with E-state index in [1.807, 2.05) is 42.5 Å². The average Bonchev–Trinajstić information content (AvgIpc) is 3.10. The van der Waals surface area contributed by atoms with Crippen LogP contribution in [-0.4, -0.2) is 43.4 Å². The maximum absolute atomic E-state index is 13.1. The topological polar surface area (TPSA) is 63.7 Å². The molecular weight excluding hydrogens is 422 g/mol. The van der Waals surface area contributed by atoms with Gasteiger partial charge >= 0.3 is 0 Å². The lowest BCUT2D eigenvalue weighted by atomic mass is 10.0. The number of fused-ring (bicyclic) bond motifs is 1. The molecule has 0 N–H and O–H groups in total. The molecule has 3 aromatic rings. The summed E-state index contributed by atoms with van der Waals surface area (Å²) in [4.78, 5) is 14.8. The molecule has 0 saturated carbocycles. The van der Waals surface area contributed by atoms with Crippen molar-refractivity contribution in [2.24, 2.45) is 0 Å². The maximum Gasteiger partial charge on any atom is 0.261 e. The van der Waals surface area contributed by atoms with Gasteiger partial charge in [0.25, 0.3) is 5.91 Å². The minimum absolute atomic E-state index is 0.00947. The number of ether oxygens (including phenoxy) is 1. The van der Waals surface area contributed by atoms with Gasteiger partial charge in [0.2, 0.25) is 0 Å². The average molecular weight is 444 g/mol. The lowest BCUT2D eigenvalue weighted by molar-refractivity contribution is -0.135.